The number of alkyl halides is 3. The van der Waals surface area contributed by atoms with Crippen molar-refractivity contribution >= 4 is 5.97 Å². The van der Waals surface area contributed by atoms with E-state index in [9.17, 15) is 18.0 Å². The summed E-state index contributed by atoms with van der Waals surface area (Å²) in [5, 5.41) is 0. The summed E-state index contributed by atoms with van der Waals surface area (Å²) in [5.74, 6) is -0.190. The first-order chi connectivity index (χ1) is 8.45. The number of methoxy groups -OCH3 is 1. The van der Waals surface area contributed by atoms with Gasteiger partial charge in [-0.1, -0.05) is 31.4 Å². The smallest absolute Gasteiger partial charge is 0.392 e. The number of unbranched alkanes of at least 4 members (excludes halogenated alkanes) is 5. The Bertz CT molecular complexity index is 247. The summed E-state index contributed by atoms with van der Waals surface area (Å²) in [5.41, 5.74) is 0. The second-order valence-corrected chi connectivity index (χ2v) is 4.17. The van der Waals surface area contributed by atoms with E-state index in [-0.39, 0.29) is 5.97 Å². The van der Waals surface area contributed by atoms with E-state index < -0.39 is 12.6 Å². The number of allylic oxidation sites excluding steroid dienone is 2. The first-order valence-electron chi connectivity index (χ1n) is 6.24. The second-order valence-electron chi connectivity index (χ2n) is 4.17. The molecule has 0 heterocycles. The molecule has 0 aromatic carbocycles. The van der Waals surface area contributed by atoms with E-state index in [1.54, 1.807) is 6.08 Å². The molecule has 0 aliphatic heterocycles. The van der Waals surface area contributed by atoms with Crippen LogP contribution in [0, 0.1) is 0 Å². The molecule has 18 heavy (non-hydrogen) atoms. The van der Waals surface area contributed by atoms with Crippen molar-refractivity contribution in [2.24, 2.45) is 0 Å². The average Bonchev–Trinajstić information content (AvgIpc) is 2.29. The monoisotopic (exact) mass is 266 g/mol. The van der Waals surface area contributed by atoms with Crippen LogP contribution in [0.3, 0.4) is 0 Å². The predicted octanol–water partition coefficient (Wildman–Crippen LogP) is 4.40. The fourth-order valence-electron chi connectivity index (χ4n) is 1.50. The van der Waals surface area contributed by atoms with E-state index in [0.717, 1.165) is 32.1 Å². The molecular weight excluding hydrogens is 245 g/mol. The summed E-state index contributed by atoms with van der Waals surface area (Å²) in [6.45, 7) is 0. The van der Waals surface area contributed by atoms with Crippen LogP contribution in [0.2, 0.25) is 0 Å². The van der Waals surface area contributed by atoms with Gasteiger partial charge in [0.05, 0.1) is 13.5 Å². The molecule has 5 heteroatoms. The third-order valence-electron chi connectivity index (χ3n) is 2.50. The Hall–Kier alpha value is -1.00. The molecule has 0 unspecified atom stereocenters. The normalized spacial score (nSPS) is 12.0. The van der Waals surface area contributed by atoms with Gasteiger partial charge in [0.2, 0.25) is 0 Å². The SMILES string of the molecule is COC(=O)CCCCCCC/C=C/CC(F)(F)F. The lowest BCUT2D eigenvalue weighted by atomic mass is 10.1. The maximum absolute atomic E-state index is 11.8. The molecule has 106 valence electrons. The van der Waals surface area contributed by atoms with Crippen molar-refractivity contribution in [2.45, 2.75) is 57.5 Å². The van der Waals surface area contributed by atoms with Crippen LogP contribution in [0.25, 0.3) is 0 Å². The predicted molar refractivity (Wildman–Crippen MR) is 64.1 cm³/mol. The zero-order chi connectivity index (χ0) is 13.9. The molecule has 0 rings (SSSR count). The standard InChI is InChI=1S/C13H21F3O2/c1-18-12(17)10-8-6-4-2-3-5-7-9-11-13(14,15)16/h7,9H,2-6,8,10-11H2,1H3/b9-7+. The van der Waals surface area contributed by atoms with Crippen LogP contribution >= 0.6 is 0 Å². The highest BCUT2D eigenvalue weighted by molar-refractivity contribution is 5.68. The molecule has 0 saturated heterocycles. The first-order valence-corrected chi connectivity index (χ1v) is 6.24. The second kappa shape index (κ2) is 9.97. The topological polar surface area (TPSA) is 26.3 Å². The van der Waals surface area contributed by atoms with Crippen molar-refractivity contribution in [1.82, 2.24) is 0 Å². The number of ether oxygens (including phenoxy) is 1. The fourth-order valence-corrected chi connectivity index (χ4v) is 1.50. The third-order valence-corrected chi connectivity index (χ3v) is 2.50. The molecule has 0 aliphatic carbocycles. The Morgan fingerprint density at radius 1 is 1.06 bits per heavy atom. The van der Waals surface area contributed by atoms with Crippen LogP contribution in [0.5, 0.6) is 0 Å². The van der Waals surface area contributed by atoms with Gasteiger partial charge in [-0.05, 0) is 19.3 Å². The van der Waals surface area contributed by atoms with Crippen molar-refractivity contribution in [1.29, 1.82) is 0 Å². The molecule has 2 nitrogen and oxygen atoms in total. The first kappa shape index (κ1) is 17.0. The summed E-state index contributed by atoms with van der Waals surface area (Å²) < 4.78 is 39.8. The highest BCUT2D eigenvalue weighted by Crippen LogP contribution is 2.20. The van der Waals surface area contributed by atoms with E-state index in [1.807, 2.05) is 0 Å². The van der Waals surface area contributed by atoms with E-state index in [1.165, 1.54) is 13.2 Å². The molecule has 0 aliphatic rings. The lowest BCUT2D eigenvalue weighted by Crippen LogP contribution is -2.03. The number of esters is 1. The van der Waals surface area contributed by atoms with Gasteiger partial charge in [-0.2, -0.15) is 13.2 Å². The van der Waals surface area contributed by atoms with Crippen LogP contribution in [0.4, 0.5) is 13.2 Å². The van der Waals surface area contributed by atoms with Crippen LogP contribution in [0.1, 0.15) is 51.4 Å². The van der Waals surface area contributed by atoms with Gasteiger partial charge < -0.3 is 4.74 Å². The zero-order valence-corrected chi connectivity index (χ0v) is 10.8. The number of rotatable bonds is 9. The van der Waals surface area contributed by atoms with Crippen molar-refractivity contribution in [3.63, 3.8) is 0 Å². The molecule has 0 atom stereocenters. The van der Waals surface area contributed by atoms with E-state index in [4.69, 9.17) is 0 Å². The summed E-state index contributed by atoms with van der Waals surface area (Å²) >= 11 is 0. The summed E-state index contributed by atoms with van der Waals surface area (Å²) in [6.07, 6.45) is 3.62. The molecule has 0 fully saturated rings. The van der Waals surface area contributed by atoms with Gasteiger partial charge in [0.15, 0.2) is 0 Å². The number of hydrogen-bond acceptors (Lipinski definition) is 2. The maximum Gasteiger partial charge on any atom is 0.392 e. The largest absolute Gasteiger partial charge is 0.469 e. The van der Waals surface area contributed by atoms with Crippen LogP contribution in [-0.2, 0) is 9.53 Å². The Morgan fingerprint density at radius 2 is 1.67 bits per heavy atom. The molecule has 0 radical (unpaired) electrons. The van der Waals surface area contributed by atoms with Crippen LogP contribution in [-0.4, -0.2) is 19.3 Å². The Morgan fingerprint density at radius 3 is 2.28 bits per heavy atom. The number of carbonyl (C=O) groups is 1. The van der Waals surface area contributed by atoms with Gasteiger partial charge in [-0.15, -0.1) is 0 Å². The van der Waals surface area contributed by atoms with Crippen molar-refractivity contribution < 1.29 is 22.7 Å². The van der Waals surface area contributed by atoms with Crippen molar-refractivity contribution in [2.75, 3.05) is 7.11 Å². The van der Waals surface area contributed by atoms with E-state index in [2.05, 4.69) is 4.74 Å². The maximum atomic E-state index is 11.8. The highest BCUT2D eigenvalue weighted by atomic mass is 19.4. The number of halogens is 3. The van der Waals surface area contributed by atoms with Crippen LogP contribution in [0.15, 0.2) is 12.2 Å². The van der Waals surface area contributed by atoms with Crippen LogP contribution < -0.4 is 0 Å². The van der Waals surface area contributed by atoms with Gasteiger partial charge in [0, 0.05) is 6.42 Å². The number of carbonyl (C=O) groups excluding carboxylic acids is 1. The molecule has 0 saturated carbocycles. The Kier molecular flexibility index (Phi) is 9.42. The summed E-state index contributed by atoms with van der Waals surface area (Å²) in [6, 6.07) is 0. The molecule has 0 spiro atoms. The lowest BCUT2D eigenvalue weighted by Gasteiger charge is -2.01. The average molecular weight is 266 g/mol. The lowest BCUT2D eigenvalue weighted by molar-refractivity contribution is -0.140. The van der Waals surface area contributed by atoms with Gasteiger partial charge in [0.25, 0.3) is 0 Å². The van der Waals surface area contributed by atoms with Crippen molar-refractivity contribution in [3.05, 3.63) is 12.2 Å². The molecule has 0 aromatic heterocycles. The Labute approximate surface area is 106 Å². The van der Waals surface area contributed by atoms with E-state index in [0.29, 0.717) is 12.8 Å². The minimum Gasteiger partial charge on any atom is -0.469 e. The molecule has 0 bridgehead atoms. The fraction of sp³-hybridized carbons (Fsp3) is 0.769. The number of hydrogen-bond donors (Lipinski definition) is 0. The van der Waals surface area contributed by atoms with Gasteiger partial charge in [-0.25, -0.2) is 0 Å². The Balaban J connectivity index is 3.24. The van der Waals surface area contributed by atoms with Gasteiger partial charge >= 0.3 is 12.1 Å². The van der Waals surface area contributed by atoms with Crippen molar-refractivity contribution in [3.8, 4) is 0 Å². The minimum atomic E-state index is -4.09. The summed E-state index contributed by atoms with van der Waals surface area (Å²) in [4.78, 5) is 10.8. The molecule has 0 amide bonds. The zero-order valence-electron chi connectivity index (χ0n) is 10.8. The minimum absolute atomic E-state index is 0.190. The molecule has 0 aromatic rings. The third kappa shape index (κ3) is 13.1. The van der Waals surface area contributed by atoms with Gasteiger partial charge in [-0.3, -0.25) is 4.79 Å². The highest BCUT2D eigenvalue weighted by Gasteiger charge is 2.24. The van der Waals surface area contributed by atoms with E-state index >= 15 is 0 Å². The van der Waals surface area contributed by atoms with Gasteiger partial charge in [0.1, 0.15) is 0 Å². The summed E-state index contributed by atoms with van der Waals surface area (Å²) in [7, 11) is 1.37. The molecule has 0 N–H and O–H groups in total. The molecular formula is C13H21F3O2. The quantitative estimate of drug-likeness (QED) is 0.351.